The Morgan fingerprint density at radius 3 is 2.71 bits per heavy atom. The lowest BCUT2D eigenvalue weighted by molar-refractivity contribution is -0.383. The highest BCUT2D eigenvalue weighted by Gasteiger charge is 2.37. The zero-order valence-electron chi connectivity index (χ0n) is 12.7. The third-order valence-electron chi connectivity index (χ3n) is 3.96. The van der Waals surface area contributed by atoms with Gasteiger partial charge in [0.25, 0.3) is 10.0 Å². The number of nitrogens with zero attached hydrogens (tertiary/aromatic N) is 4. The first-order chi connectivity index (χ1) is 11.3. The standard InChI is InChI=1S/C13H14Cl2N4O4S/c1-2-3-4-17-5-6-18-9-7-8(14)10(15)12(19(20)21)11(9)16-13(18)24(17,22)23/h7H,2-6H2,1H3. The van der Waals surface area contributed by atoms with E-state index in [1.54, 1.807) is 0 Å². The second-order valence-electron chi connectivity index (χ2n) is 5.45. The lowest BCUT2D eigenvalue weighted by Crippen LogP contribution is -2.40. The van der Waals surface area contributed by atoms with Gasteiger partial charge in [-0.25, -0.2) is 13.4 Å². The number of sulfonamides is 1. The first-order valence-electron chi connectivity index (χ1n) is 7.31. The Hall–Kier alpha value is -1.42. The molecule has 0 saturated heterocycles. The summed E-state index contributed by atoms with van der Waals surface area (Å²) in [5.41, 5.74) is -0.244. The summed E-state index contributed by atoms with van der Waals surface area (Å²) in [6.45, 7) is 3.00. The minimum absolute atomic E-state index is 0.00984. The fraction of sp³-hybridized carbons (Fsp3) is 0.462. The van der Waals surface area contributed by atoms with Gasteiger partial charge >= 0.3 is 5.69 Å². The molecule has 3 rings (SSSR count). The van der Waals surface area contributed by atoms with Crippen molar-refractivity contribution in [1.82, 2.24) is 13.9 Å². The van der Waals surface area contributed by atoms with Crippen molar-refractivity contribution < 1.29 is 13.3 Å². The summed E-state index contributed by atoms with van der Waals surface area (Å²) in [5.74, 6) is 0. The molecule has 0 amide bonds. The van der Waals surface area contributed by atoms with Gasteiger partial charge in [-0.3, -0.25) is 10.1 Å². The summed E-state index contributed by atoms with van der Waals surface area (Å²) in [6, 6.07) is 1.42. The second kappa shape index (κ2) is 6.14. The Bertz CT molecular complexity index is 941. The van der Waals surface area contributed by atoms with E-state index in [-0.39, 0.29) is 27.3 Å². The van der Waals surface area contributed by atoms with E-state index in [2.05, 4.69) is 4.98 Å². The van der Waals surface area contributed by atoms with Crippen molar-refractivity contribution in [2.75, 3.05) is 13.1 Å². The third-order valence-corrected chi connectivity index (χ3v) is 6.56. The van der Waals surface area contributed by atoms with E-state index in [9.17, 15) is 18.5 Å². The normalized spacial score (nSPS) is 17.1. The summed E-state index contributed by atoms with van der Waals surface area (Å²) in [5, 5.41) is 10.9. The summed E-state index contributed by atoms with van der Waals surface area (Å²) in [6.07, 6.45) is 1.59. The van der Waals surface area contributed by atoms with Crippen molar-refractivity contribution in [3.05, 3.63) is 26.2 Å². The monoisotopic (exact) mass is 392 g/mol. The largest absolute Gasteiger partial charge is 0.317 e. The lowest BCUT2D eigenvalue weighted by atomic mass is 10.2. The van der Waals surface area contributed by atoms with Crippen molar-refractivity contribution in [3.63, 3.8) is 0 Å². The molecule has 1 aromatic carbocycles. The molecule has 1 aromatic heterocycles. The minimum Gasteiger partial charge on any atom is -0.312 e. The van der Waals surface area contributed by atoms with Crippen LogP contribution in [0.3, 0.4) is 0 Å². The van der Waals surface area contributed by atoms with Crippen LogP contribution in [0.4, 0.5) is 5.69 Å². The number of fused-ring (bicyclic) bond motifs is 3. The number of hydrogen-bond donors (Lipinski definition) is 0. The fourth-order valence-electron chi connectivity index (χ4n) is 2.76. The third kappa shape index (κ3) is 2.55. The Kier molecular flexibility index (Phi) is 4.45. The Balaban J connectivity index is 2.25. The number of imidazole rings is 1. The van der Waals surface area contributed by atoms with Crippen LogP contribution in [0.25, 0.3) is 11.0 Å². The summed E-state index contributed by atoms with van der Waals surface area (Å²) < 4.78 is 28.3. The van der Waals surface area contributed by atoms with Gasteiger partial charge in [0.2, 0.25) is 5.16 Å². The molecule has 0 fully saturated rings. The Morgan fingerprint density at radius 1 is 1.38 bits per heavy atom. The van der Waals surface area contributed by atoms with Gasteiger partial charge in [0, 0.05) is 19.6 Å². The zero-order chi connectivity index (χ0) is 17.6. The van der Waals surface area contributed by atoms with Gasteiger partial charge in [-0.2, -0.15) is 4.31 Å². The molecule has 0 atom stereocenters. The van der Waals surface area contributed by atoms with Gasteiger partial charge in [-0.15, -0.1) is 0 Å². The quantitative estimate of drug-likeness (QED) is 0.587. The summed E-state index contributed by atoms with van der Waals surface area (Å²) in [7, 11) is -3.81. The molecule has 0 bridgehead atoms. The molecular weight excluding hydrogens is 379 g/mol. The van der Waals surface area contributed by atoms with Gasteiger partial charge in [0.05, 0.1) is 15.5 Å². The second-order valence-corrected chi connectivity index (χ2v) is 8.07. The van der Waals surface area contributed by atoms with E-state index in [4.69, 9.17) is 23.2 Å². The molecule has 1 aliphatic heterocycles. The molecule has 130 valence electrons. The average molecular weight is 393 g/mol. The van der Waals surface area contributed by atoms with Gasteiger partial charge in [0.15, 0.2) is 5.52 Å². The number of aromatic nitrogens is 2. The molecular formula is C13H14Cl2N4O4S. The fourth-order valence-corrected chi connectivity index (χ4v) is 4.76. The first kappa shape index (κ1) is 17.4. The highest BCUT2D eigenvalue weighted by molar-refractivity contribution is 7.89. The molecule has 2 heterocycles. The molecule has 8 nitrogen and oxygen atoms in total. The van der Waals surface area contributed by atoms with Crippen LogP contribution in [0.5, 0.6) is 0 Å². The van der Waals surface area contributed by atoms with Crippen molar-refractivity contribution in [1.29, 1.82) is 0 Å². The van der Waals surface area contributed by atoms with E-state index >= 15 is 0 Å². The number of halogens is 2. The van der Waals surface area contributed by atoms with Gasteiger partial charge in [-0.1, -0.05) is 36.5 Å². The molecule has 0 unspecified atom stereocenters. The lowest BCUT2D eigenvalue weighted by Gasteiger charge is -2.27. The predicted molar refractivity (Wildman–Crippen MR) is 90.1 cm³/mol. The number of nitro benzene ring substituents is 1. The van der Waals surface area contributed by atoms with Crippen LogP contribution in [0.15, 0.2) is 11.2 Å². The Labute approximate surface area is 148 Å². The molecule has 24 heavy (non-hydrogen) atoms. The van der Waals surface area contributed by atoms with E-state index < -0.39 is 20.6 Å². The van der Waals surface area contributed by atoms with Crippen LogP contribution in [-0.4, -0.2) is 40.3 Å². The predicted octanol–water partition coefficient (Wildman–Crippen LogP) is 3.06. The van der Waals surface area contributed by atoms with Gasteiger partial charge < -0.3 is 4.57 Å². The maximum Gasteiger partial charge on any atom is 0.317 e. The topological polar surface area (TPSA) is 98.3 Å². The SMILES string of the molecule is CCCCN1CCn2c(nc3c([N+](=O)[O-])c(Cl)c(Cl)cc32)S1(=O)=O. The highest BCUT2D eigenvalue weighted by Crippen LogP contribution is 2.40. The van der Waals surface area contributed by atoms with E-state index in [0.717, 1.165) is 12.8 Å². The van der Waals surface area contributed by atoms with Crippen LogP contribution < -0.4 is 0 Å². The molecule has 0 saturated carbocycles. The number of unbranched alkanes of at least 4 members (excludes halogenated alkanes) is 1. The summed E-state index contributed by atoms with van der Waals surface area (Å²) in [4.78, 5) is 14.7. The molecule has 0 spiro atoms. The van der Waals surface area contributed by atoms with Gasteiger partial charge in [-0.05, 0) is 12.5 Å². The number of rotatable bonds is 4. The molecule has 11 heteroatoms. The minimum atomic E-state index is -3.81. The van der Waals surface area contributed by atoms with Crippen molar-refractivity contribution in [2.45, 2.75) is 31.5 Å². The smallest absolute Gasteiger partial charge is 0.312 e. The van der Waals surface area contributed by atoms with Crippen molar-refractivity contribution in [3.8, 4) is 0 Å². The van der Waals surface area contributed by atoms with E-state index in [1.807, 2.05) is 6.92 Å². The van der Waals surface area contributed by atoms with Crippen LogP contribution in [-0.2, 0) is 16.6 Å². The first-order valence-corrected chi connectivity index (χ1v) is 9.51. The van der Waals surface area contributed by atoms with Crippen LogP contribution >= 0.6 is 23.2 Å². The maximum absolute atomic E-state index is 12.7. The molecule has 2 aromatic rings. The van der Waals surface area contributed by atoms with Crippen LogP contribution in [0.2, 0.25) is 10.0 Å². The van der Waals surface area contributed by atoms with Gasteiger partial charge in [0.1, 0.15) is 5.02 Å². The molecule has 0 radical (unpaired) electrons. The van der Waals surface area contributed by atoms with Crippen LogP contribution in [0, 0.1) is 10.1 Å². The molecule has 0 aliphatic carbocycles. The number of hydrogen-bond acceptors (Lipinski definition) is 5. The van der Waals surface area contributed by atoms with Crippen LogP contribution in [0.1, 0.15) is 19.8 Å². The average Bonchev–Trinajstić information content (AvgIpc) is 2.86. The maximum atomic E-state index is 12.7. The van der Waals surface area contributed by atoms with E-state index in [0.29, 0.717) is 18.6 Å². The highest BCUT2D eigenvalue weighted by atomic mass is 35.5. The molecule has 0 N–H and O–H groups in total. The molecule has 1 aliphatic rings. The number of nitro groups is 1. The van der Waals surface area contributed by atoms with Crippen molar-refractivity contribution >= 4 is 49.9 Å². The van der Waals surface area contributed by atoms with E-state index in [1.165, 1.54) is 14.9 Å². The zero-order valence-corrected chi connectivity index (χ0v) is 15.0. The number of benzene rings is 1. The Morgan fingerprint density at radius 2 is 2.08 bits per heavy atom. The van der Waals surface area contributed by atoms with Crippen molar-refractivity contribution in [2.24, 2.45) is 0 Å². The summed E-state index contributed by atoms with van der Waals surface area (Å²) >= 11 is 11.9.